The molecule has 0 spiro atoms. The van der Waals surface area contributed by atoms with Gasteiger partial charge in [-0.1, -0.05) is 30.3 Å². The first kappa shape index (κ1) is 13.8. The van der Waals surface area contributed by atoms with Gasteiger partial charge in [-0.3, -0.25) is 0 Å². The molecule has 0 radical (unpaired) electrons. The summed E-state index contributed by atoms with van der Waals surface area (Å²) in [5.74, 6) is -1.21. The Hall–Kier alpha value is -1.66. The number of aliphatic carboxylic acids is 1. The molecule has 2 N–H and O–H groups in total. The van der Waals surface area contributed by atoms with E-state index in [2.05, 4.69) is 5.32 Å². The molecule has 1 aromatic rings. The van der Waals surface area contributed by atoms with Gasteiger partial charge in [-0.25, -0.2) is 0 Å². The molecule has 1 heterocycles. The summed E-state index contributed by atoms with van der Waals surface area (Å²) in [6, 6.07) is 8.76. The molecule has 5 nitrogen and oxygen atoms in total. The minimum atomic E-state index is -1.21. The van der Waals surface area contributed by atoms with E-state index in [1.165, 1.54) is 4.90 Å². The van der Waals surface area contributed by atoms with E-state index in [-0.39, 0.29) is 5.11 Å². The van der Waals surface area contributed by atoms with Crippen molar-refractivity contribution in [2.45, 2.75) is 31.7 Å². The lowest BCUT2D eigenvalue weighted by Crippen LogP contribution is -2.52. The number of thiocarbonyl (C=S) groups is 1. The maximum Gasteiger partial charge on any atom is 0.171 e. The second-order valence-electron chi connectivity index (χ2n) is 4.44. The van der Waals surface area contributed by atoms with Crippen molar-refractivity contribution < 1.29 is 15.0 Å². The highest BCUT2D eigenvalue weighted by Crippen LogP contribution is 2.22. The van der Waals surface area contributed by atoms with E-state index in [9.17, 15) is 15.0 Å². The van der Waals surface area contributed by atoms with Gasteiger partial charge in [0.15, 0.2) is 5.11 Å². The van der Waals surface area contributed by atoms with Crippen LogP contribution in [0.1, 0.15) is 18.4 Å². The number of carbonyl (C=O) groups is 1. The second kappa shape index (κ2) is 5.99. The van der Waals surface area contributed by atoms with Crippen molar-refractivity contribution in [3.05, 3.63) is 35.9 Å². The van der Waals surface area contributed by atoms with Gasteiger partial charge in [0, 0.05) is 6.54 Å². The molecule has 0 bridgehead atoms. The zero-order valence-electron chi connectivity index (χ0n) is 10.3. The fraction of sp³-hybridized carbons (Fsp3) is 0.385. The Morgan fingerprint density at radius 1 is 1.42 bits per heavy atom. The van der Waals surface area contributed by atoms with Crippen LogP contribution in [0.25, 0.3) is 0 Å². The highest BCUT2D eigenvalue weighted by atomic mass is 32.1. The number of nitrogens with zero attached hydrogens (tertiary/aromatic N) is 1. The van der Waals surface area contributed by atoms with Gasteiger partial charge in [0.1, 0.15) is 6.23 Å². The van der Waals surface area contributed by atoms with E-state index < -0.39 is 18.2 Å². The van der Waals surface area contributed by atoms with Crippen molar-refractivity contribution in [3.8, 4) is 0 Å². The van der Waals surface area contributed by atoms with Gasteiger partial charge in [0.2, 0.25) is 0 Å². The number of carbonyl (C=O) groups excluding carboxylic acids is 1. The molecular formula is C13H15N2O3S-. The Morgan fingerprint density at radius 2 is 2.11 bits per heavy atom. The third kappa shape index (κ3) is 3.21. The molecule has 2 atom stereocenters. The van der Waals surface area contributed by atoms with Gasteiger partial charge in [0.25, 0.3) is 0 Å². The van der Waals surface area contributed by atoms with Gasteiger partial charge in [-0.15, -0.1) is 0 Å². The van der Waals surface area contributed by atoms with Crippen LogP contribution in [0.3, 0.4) is 0 Å². The summed E-state index contributed by atoms with van der Waals surface area (Å²) in [7, 11) is 0. The third-order valence-corrected chi connectivity index (χ3v) is 3.50. The van der Waals surface area contributed by atoms with Gasteiger partial charge < -0.3 is 25.2 Å². The lowest BCUT2D eigenvalue weighted by atomic mass is 10.2. The summed E-state index contributed by atoms with van der Waals surface area (Å²) >= 11 is 5.15. The van der Waals surface area contributed by atoms with E-state index in [1.54, 1.807) is 0 Å². The fourth-order valence-corrected chi connectivity index (χ4v) is 2.49. The molecule has 102 valence electrons. The summed E-state index contributed by atoms with van der Waals surface area (Å²) in [6.45, 7) is 0.489. The van der Waals surface area contributed by atoms with Crippen molar-refractivity contribution in [1.82, 2.24) is 10.2 Å². The SMILES string of the molecule is O=C([O-])[C@H]1CC[C@@H](O)N1C(=S)NCc1ccccc1. The molecule has 1 aliphatic rings. The maximum absolute atomic E-state index is 11.0. The van der Waals surface area contributed by atoms with E-state index >= 15 is 0 Å². The van der Waals surface area contributed by atoms with E-state index in [0.29, 0.717) is 19.4 Å². The van der Waals surface area contributed by atoms with Gasteiger partial charge in [-0.05, 0) is 30.6 Å². The molecule has 19 heavy (non-hydrogen) atoms. The topological polar surface area (TPSA) is 75.6 Å². The van der Waals surface area contributed by atoms with Crippen LogP contribution in [0.4, 0.5) is 0 Å². The smallest absolute Gasteiger partial charge is 0.171 e. The monoisotopic (exact) mass is 279 g/mol. The standard InChI is InChI=1S/C13H16N2O3S/c16-11-7-6-10(12(17)18)15(11)13(19)14-8-9-4-2-1-3-5-9/h1-5,10-11,16H,6-8H2,(H,14,19)(H,17,18)/p-1/t10-,11-/m1/s1. The van der Waals surface area contributed by atoms with Crippen LogP contribution in [0.2, 0.25) is 0 Å². The number of likely N-dealkylation sites (tertiary alicyclic amines) is 1. The quantitative estimate of drug-likeness (QED) is 0.733. The van der Waals surface area contributed by atoms with Crippen molar-refractivity contribution in [1.29, 1.82) is 0 Å². The fourth-order valence-electron chi connectivity index (χ4n) is 2.17. The van der Waals surface area contributed by atoms with Crippen LogP contribution < -0.4 is 10.4 Å². The highest BCUT2D eigenvalue weighted by Gasteiger charge is 2.34. The predicted octanol–water partition coefficient (Wildman–Crippen LogP) is -0.406. The van der Waals surface area contributed by atoms with E-state index in [4.69, 9.17) is 12.2 Å². The molecule has 1 fully saturated rings. The number of benzene rings is 1. The molecule has 0 aromatic heterocycles. The van der Waals surface area contributed by atoms with Gasteiger partial charge in [0.05, 0.1) is 12.0 Å². The average molecular weight is 279 g/mol. The lowest BCUT2D eigenvalue weighted by Gasteiger charge is -2.30. The van der Waals surface area contributed by atoms with Gasteiger partial charge >= 0.3 is 0 Å². The lowest BCUT2D eigenvalue weighted by molar-refractivity contribution is -0.310. The third-order valence-electron chi connectivity index (χ3n) is 3.15. The summed E-state index contributed by atoms with van der Waals surface area (Å²) < 4.78 is 0. The molecule has 2 rings (SSSR count). The van der Waals surface area contributed by atoms with Crippen molar-refractivity contribution in [2.75, 3.05) is 0 Å². The van der Waals surface area contributed by atoms with Crippen molar-refractivity contribution in [2.24, 2.45) is 0 Å². The van der Waals surface area contributed by atoms with Crippen molar-refractivity contribution >= 4 is 23.3 Å². The Balaban J connectivity index is 1.97. The number of carboxylic acid groups (broad SMARTS) is 1. The first-order chi connectivity index (χ1) is 9.09. The number of hydrogen-bond donors (Lipinski definition) is 2. The largest absolute Gasteiger partial charge is 0.548 e. The van der Waals surface area contributed by atoms with Crippen LogP contribution >= 0.6 is 12.2 Å². The van der Waals surface area contributed by atoms with E-state index in [1.807, 2.05) is 30.3 Å². The molecular weight excluding hydrogens is 264 g/mol. The summed E-state index contributed by atoms with van der Waals surface area (Å²) in [5, 5.41) is 24.0. The maximum atomic E-state index is 11.0. The highest BCUT2D eigenvalue weighted by molar-refractivity contribution is 7.80. The van der Waals surface area contributed by atoms with Crippen LogP contribution in [0, 0.1) is 0 Å². The molecule has 1 saturated heterocycles. The number of nitrogens with one attached hydrogen (secondary N) is 1. The Kier molecular flexibility index (Phi) is 4.34. The number of carboxylic acids is 1. The van der Waals surface area contributed by atoms with Crippen LogP contribution in [-0.4, -0.2) is 33.4 Å². The first-order valence-electron chi connectivity index (χ1n) is 6.08. The Labute approximate surface area is 116 Å². The summed E-state index contributed by atoms with van der Waals surface area (Å²) in [4.78, 5) is 12.3. The Bertz CT molecular complexity index is 466. The number of aliphatic hydroxyl groups excluding tert-OH is 1. The van der Waals surface area contributed by atoms with E-state index in [0.717, 1.165) is 5.56 Å². The van der Waals surface area contributed by atoms with Gasteiger partial charge in [-0.2, -0.15) is 0 Å². The number of aliphatic hydroxyl groups is 1. The van der Waals surface area contributed by atoms with Crippen LogP contribution in [0.5, 0.6) is 0 Å². The van der Waals surface area contributed by atoms with Crippen molar-refractivity contribution in [3.63, 3.8) is 0 Å². The number of hydrogen-bond acceptors (Lipinski definition) is 4. The van der Waals surface area contributed by atoms with Crippen LogP contribution in [-0.2, 0) is 11.3 Å². The number of rotatable bonds is 3. The molecule has 0 amide bonds. The molecule has 0 unspecified atom stereocenters. The van der Waals surface area contributed by atoms with Crippen LogP contribution in [0.15, 0.2) is 30.3 Å². The average Bonchev–Trinajstić information content (AvgIpc) is 2.79. The molecule has 0 aliphatic carbocycles. The second-order valence-corrected chi connectivity index (χ2v) is 4.83. The Morgan fingerprint density at radius 3 is 2.74 bits per heavy atom. The molecule has 1 aliphatic heterocycles. The normalized spacial score (nSPS) is 22.3. The zero-order valence-corrected chi connectivity index (χ0v) is 11.1. The zero-order chi connectivity index (χ0) is 13.8. The first-order valence-corrected chi connectivity index (χ1v) is 6.49. The minimum absolute atomic E-state index is 0.239. The molecule has 0 saturated carbocycles. The predicted molar refractivity (Wildman–Crippen MR) is 71.8 cm³/mol. The molecule has 6 heteroatoms. The summed E-state index contributed by atoms with van der Waals surface area (Å²) in [6.07, 6.45) is -0.138. The molecule has 1 aromatic carbocycles. The summed E-state index contributed by atoms with van der Waals surface area (Å²) in [5.41, 5.74) is 1.03. The minimum Gasteiger partial charge on any atom is -0.548 e.